The van der Waals surface area contributed by atoms with Gasteiger partial charge in [0.25, 0.3) is 5.91 Å². The molecule has 25 heavy (non-hydrogen) atoms. The number of anilines is 2. The van der Waals surface area contributed by atoms with Gasteiger partial charge in [0.05, 0.1) is 11.4 Å². The molecule has 0 bridgehead atoms. The van der Waals surface area contributed by atoms with E-state index in [2.05, 4.69) is 10.2 Å². The molecule has 0 atom stereocenters. The lowest BCUT2D eigenvalue weighted by molar-refractivity contribution is 0.102. The summed E-state index contributed by atoms with van der Waals surface area (Å²) in [4.78, 5) is 14.6. The van der Waals surface area contributed by atoms with Crippen LogP contribution in [0.2, 0.25) is 0 Å². The van der Waals surface area contributed by atoms with Gasteiger partial charge in [0, 0.05) is 24.4 Å². The SMILES string of the molecule is Nc1ccccc1NC(=O)c1ccc(CSC(=S)N2CCCC2)cc1. The van der Waals surface area contributed by atoms with Crippen LogP contribution < -0.4 is 11.1 Å². The van der Waals surface area contributed by atoms with Gasteiger partial charge in [-0.25, -0.2) is 0 Å². The number of thioether (sulfide) groups is 1. The zero-order chi connectivity index (χ0) is 17.6. The van der Waals surface area contributed by atoms with Crippen LogP contribution in [0.3, 0.4) is 0 Å². The number of amides is 1. The fourth-order valence-corrected chi connectivity index (χ4v) is 3.90. The molecular formula is C19H21N3OS2. The molecule has 1 saturated heterocycles. The first-order valence-corrected chi connectivity index (χ1v) is 9.69. The Labute approximate surface area is 157 Å². The lowest BCUT2D eigenvalue weighted by Gasteiger charge is -2.17. The summed E-state index contributed by atoms with van der Waals surface area (Å²) < 4.78 is 0.971. The Morgan fingerprint density at radius 3 is 2.48 bits per heavy atom. The molecule has 1 aliphatic heterocycles. The minimum atomic E-state index is -0.162. The van der Waals surface area contributed by atoms with Crippen molar-refractivity contribution in [2.24, 2.45) is 0 Å². The Bertz CT molecular complexity index is 756. The third kappa shape index (κ3) is 4.74. The van der Waals surface area contributed by atoms with E-state index in [1.54, 1.807) is 23.9 Å². The fourth-order valence-electron chi connectivity index (χ4n) is 2.69. The molecule has 2 aromatic rings. The number of nitrogen functional groups attached to an aromatic ring is 1. The molecule has 1 aliphatic rings. The molecule has 0 aromatic heterocycles. The van der Waals surface area contributed by atoms with E-state index in [9.17, 15) is 4.79 Å². The van der Waals surface area contributed by atoms with E-state index >= 15 is 0 Å². The number of nitrogens with one attached hydrogen (secondary N) is 1. The molecule has 0 aliphatic carbocycles. The molecule has 0 saturated carbocycles. The molecule has 1 heterocycles. The highest BCUT2D eigenvalue weighted by Crippen LogP contribution is 2.21. The summed E-state index contributed by atoms with van der Waals surface area (Å²) in [6, 6.07) is 14.9. The number of nitrogens with two attached hydrogens (primary N) is 1. The predicted octanol–water partition coefficient (Wildman–Crippen LogP) is 4.14. The first kappa shape index (κ1) is 17.8. The van der Waals surface area contributed by atoms with Crippen LogP contribution in [0, 0.1) is 0 Å². The van der Waals surface area contributed by atoms with Gasteiger partial charge in [0.15, 0.2) is 0 Å². The number of likely N-dealkylation sites (tertiary alicyclic amines) is 1. The van der Waals surface area contributed by atoms with E-state index in [0.29, 0.717) is 16.9 Å². The van der Waals surface area contributed by atoms with Crippen molar-refractivity contribution in [3.05, 3.63) is 59.7 Å². The van der Waals surface area contributed by atoms with Crippen molar-refractivity contribution in [1.82, 2.24) is 4.90 Å². The van der Waals surface area contributed by atoms with Gasteiger partial charge in [0.1, 0.15) is 4.32 Å². The zero-order valence-corrected chi connectivity index (χ0v) is 15.5. The van der Waals surface area contributed by atoms with E-state index in [1.165, 1.54) is 12.8 Å². The van der Waals surface area contributed by atoms with Gasteiger partial charge in [-0.3, -0.25) is 4.79 Å². The number of hydrogen-bond donors (Lipinski definition) is 2. The Kier molecular flexibility index (Phi) is 5.94. The van der Waals surface area contributed by atoms with Crippen LogP contribution >= 0.6 is 24.0 Å². The second kappa shape index (κ2) is 8.36. The van der Waals surface area contributed by atoms with Gasteiger partial charge in [-0.05, 0) is 42.7 Å². The van der Waals surface area contributed by atoms with Crippen LogP contribution in [-0.4, -0.2) is 28.2 Å². The van der Waals surface area contributed by atoms with Crippen LogP contribution in [0.4, 0.5) is 11.4 Å². The number of nitrogens with zero attached hydrogens (tertiary/aromatic N) is 1. The Morgan fingerprint density at radius 1 is 1.12 bits per heavy atom. The van der Waals surface area contributed by atoms with Crippen molar-refractivity contribution < 1.29 is 4.79 Å². The summed E-state index contributed by atoms with van der Waals surface area (Å²) in [5.74, 6) is 0.660. The van der Waals surface area contributed by atoms with E-state index < -0.39 is 0 Å². The molecule has 0 radical (unpaired) electrons. The minimum Gasteiger partial charge on any atom is -0.397 e. The van der Waals surface area contributed by atoms with Crippen LogP contribution in [-0.2, 0) is 5.75 Å². The molecule has 6 heteroatoms. The first-order valence-electron chi connectivity index (χ1n) is 8.30. The number of benzene rings is 2. The molecule has 0 spiro atoms. The monoisotopic (exact) mass is 371 g/mol. The number of carbonyl (C=O) groups excluding carboxylic acids is 1. The van der Waals surface area contributed by atoms with Gasteiger partial charge < -0.3 is 16.0 Å². The highest BCUT2D eigenvalue weighted by atomic mass is 32.2. The van der Waals surface area contributed by atoms with Gasteiger partial charge in [-0.15, -0.1) is 0 Å². The maximum absolute atomic E-state index is 12.3. The quantitative estimate of drug-likeness (QED) is 0.625. The maximum Gasteiger partial charge on any atom is 0.255 e. The van der Waals surface area contributed by atoms with Crippen molar-refractivity contribution in [3.63, 3.8) is 0 Å². The van der Waals surface area contributed by atoms with Gasteiger partial charge in [-0.1, -0.05) is 48.2 Å². The third-order valence-corrected chi connectivity index (χ3v) is 5.75. The largest absolute Gasteiger partial charge is 0.397 e. The standard InChI is InChI=1S/C19H21N3OS2/c20-16-5-1-2-6-17(16)21-18(23)15-9-7-14(8-10-15)13-25-19(24)22-11-3-4-12-22/h1-2,5-10H,3-4,11-13,20H2,(H,21,23). The van der Waals surface area contributed by atoms with Crippen LogP contribution in [0.25, 0.3) is 0 Å². The number of carbonyl (C=O) groups is 1. The topological polar surface area (TPSA) is 58.4 Å². The second-order valence-corrected chi connectivity index (χ2v) is 7.60. The summed E-state index contributed by atoms with van der Waals surface area (Å²) in [7, 11) is 0. The zero-order valence-electron chi connectivity index (χ0n) is 13.9. The van der Waals surface area contributed by atoms with Gasteiger partial charge in [-0.2, -0.15) is 0 Å². The average Bonchev–Trinajstić information content (AvgIpc) is 3.17. The number of hydrogen-bond acceptors (Lipinski definition) is 4. The van der Waals surface area contributed by atoms with Crippen molar-refractivity contribution in [2.45, 2.75) is 18.6 Å². The first-order chi connectivity index (χ1) is 12.1. The average molecular weight is 372 g/mol. The molecule has 4 nitrogen and oxygen atoms in total. The smallest absolute Gasteiger partial charge is 0.255 e. The summed E-state index contributed by atoms with van der Waals surface area (Å²) in [6.07, 6.45) is 2.47. The molecule has 1 fully saturated rings. The van der Waals surface area contributed by atoms with Crippen molar-refractivity contribution in [1.29, 1.82) is 0 Å². The summed E-state index contributed by atoms with van der Waals surface area (Å²) in [5.41, 5.74) is 8.80. The summed E-state index contributed by atoms with van der Waals surface area (Å²) >= 11 is 7.16. The highest BCUT2D eigenvalue weighted by Gasteiger charge is 2.15. The molecule has 2 aromatic carbocycles. The fraction of sp³-hybridized carbons (Fsp3) is 0.263. The van der Waals surface area contributed by atoms with E-state index in [1.807, 2.05) is 36.4 Å². The minimum absolute atomic E-state index is 0.162. The molecule has 1 amide bonds. The van der Waals surface area contributed by atoms with E-state index in [-0.39, 0.29) is 5.91 Å². The predicted molar refractivity (Wildman–Crippen MR) is 110 cm³/mol. The molecular weight excluding hydrogens is 350 g/mol. The van der Waals surface area contributed by atoms with Gasteiger partial charge in [0.2, 0.25) is 0 Å². The molecule has 3 N–H and O–H groups in total. The van der Waals surface area contributed by atoms with Crippen molar-refractivity contribution in [2.75, 3.05) is 24.1 Å². The van der Waals surface area contributed by atoms with Crippen LogP contribution in [0.1, 0.15) is 28.8 Å². The van der Waals surface area contributed by atoms with E-state index in [0.717, 1.165) is 28.7 Å². The van der Waals surface area contributed by atoms with Crippen LogP contribution in [0.15, 0.2) is 48.5 Å². The van der Waals surface area contributed by atoms with Gasteiger partial charge >= 0.3 is 0 Å². The Morgan fingerprint density at radius 2 is 1.80 bits per heavy atom. The van der Waals surface area contributed by atoms with Crippen molar-refractivity contribution >= 4 is 45.6 Å². The summed E-state index contributed by atoms with van der Waals surface area (Å²) in [6.45, 7) is 2.15. The second-order valence-electron chi connectivity index (χ2n) is 5.99. The number of rotatable bonds is 4. The number of para-hydroxylation sites is 2. The lowest BCUT2D eigenvalue weighted by Crippen LogP contribution is -2.23. The van der Waals surface area contributed by atoms with E-state index in [4.69, 9.17) is 18.0 Å². The third-order valence-electron chi connectivity index (χ3n) is 4.15. The van der Waals surface area contributed by atoms with Crippen LogP contribution in [0.5, 0.6) is 0 Å². The lowest BCUT2D eigenvalue weighted by atomic mass is 10.1. The van der Waals surface area contributed by atoms with Crippen molar-refractivity contribution in [3.8, 4) is 0 Å². The Balaban J connectivity index is 1.55. The molecule has 130 valence electrons. The number of thiocarbonyl (C=S) groups is 1. The summed E-state index contributed by atoms with van der Waals surface area (Å²) in [5, 5.41) is 2.84. The Hall–Kier alpha value is -2.05. The molecule has 3 rings (SSSR count). The highest BCUT2D eigenvalue weighted by molar-refractivity contribution is 8.22. The normalized spacial score (nSPS) is 13.7. The maximum atomic E-state index is 12.3. The molecule has 0 unspecified atom stereocenters.